The van der Waals surface area contributed by atoms with Gasteiger partial charge in [0, 0.05) is 32.7 Å². The Hall–Kier alpha value is -4.16. The van der Waals surface area contributed by atoms with Crippen molar-refractivity contribution in [3.63, 3.8) is 0 Å². The Kier molecular flexibility index (Phi) is 11.7. The van der Waals surface area contributed by atoms with Crippen molar-refractivity contribution in [3.8, 4) is 23.3 Å². The first kappa shape index (κ1) is 30.4. The lowest BCUT2D eigenvalue weighted by atomic mass is 9.92. The van der Waals surface area contributed by atoms with Crippen LogP contribution in [0.1, 0.15) is 31.7 Å². The largest absolute Gasteiger partial charge is 0.457 e. The quantitative estimate of drug-likeness (QED) is 0.281. The zero-order valence-electron chi connectivity index (χ0n) is 23.9. The molecule has 1 heterocycles. The van der Waals surface area contributed by atoms with Gasteiger partial charge in [-0.2, -0.15) is 0 Å². The number of benzene rings is 2. The van der Waals surface area contributed by atoms with Gasteiger partial charge in [0.1, 0.15) is 23.3 Å². The molecule has 0 aromatic heterocycles. The van der Waals surface area contributed by atoms with Crippen molar-refractivity contribution in [2.45, 2.75) is 32.2 Å². The maximum absolute atomic E-state index is 12.9. The van der Waals surface area contributed by atoms with Crippen LogP contribution in [0.15, 0.2) is 59.6 Å². The Balaban J connectivity index is 1.61. The van der Waals surface area contributed by atoms with Crippen LogP contribution in [-0.2, 0) is 9.59 Å². The minimum absolute atomic E-state index is 0.0998. The molecule has 1 aliphatic rings. The number of hydrogen-bond donors (Lipinski definition) is 3. The third kappa shape index (κ3) is 8.95. The summed E-state index contributed by atoms with van der Waals surface area (Å²) in [5.41, 5.74) is 0.782. The maximum atomic E-state index is 12.9. The molecule has 2 aromatic carbocycles. The van der Waals surface area contributed by atoms with Crippen molar-refractivity contribution in [1.29, 1.82) is 5.41 Å². The zero-order chi connectivity index (χ0) is 28.9. The highest BCUT2D eigenvalue weighted by molar-refractivity contribution is 6.25. The summed E-state index contributed by atoms with van der Waals surface area (Å²) in [5.74, 6) is 6.20. The number of carbonyl (C=O) groups excluding carboxylic acids is 2. The number of aliphatic imine (C=N–C) groups is 1. The lowest BCUT2D eigenvalue weighted by Crippen LogP contribution is -2.50. The summed E-state index contributed by atoms with van der Waals surface area (Å²) in [4.78, 5) is 33.6. The molecule has 2 unspecified atom stereocenters. The van der Waals surface area contributed by atoms with Gasteiger partial charge in [0.15, 0.2) is 0 Å². The summed E-state index contributed by atoms with van der Waals surface area (Å²) in [6.07, 6.45) is 2.43. The number of para-hydroxylation sites is 1. The highest BCUT2D eigenvalue weighted by Crippen LogP contribution is 2.23. The first-order chi connectivity index (χ1) is 19.3. The van der Waals surface area contributed by atoms with Gasteiger partial charge in [0.2, 0.25) is 5.91 Å². The number of rotatable bonds is 12. The number of ether oxygens (including phenoxy) is 1. The van der Waals surface area contributed by atoms with Crippen LogP contribution in [0.4, 0.5) is 0 Å². The molecule has 2 aromatic rings. The normalized spacial score (nSPS) is 15.1. The van der Waals surface area contributed by atoms with Crippen LogP contribution < -0.4 is 15.4 Å². The Morgan fingerprint density at radius 1 is 1.15 bits per heavy atom. The number of hydrogen-bond acceptors (Lipinski definition) is 7. The molecular weight excluding hydrogens is 504 g/mol. The summed E-state index contributed by atoms with van der Waals surface area (Å²) in [7, 11) is 5.40. The first-order valence-electron chi connectivity index (χ1n) is 13.7. The molecule has 0 aliphatic carbocycles. The number of nitrogens with one attached hydrogen (secondary N) is 3. The molecule has 0 fully saturated rings. The summed E-state index contributed by atoms with van der Waals surface area (Å²) >= 11 is 0. The van der Waals surface area contributed by atoms with Crippen LogP contribution in [-0.4, -0.2) is 86.5 Å². The Labute approximate surface area is 237 Å². The van der Waals surface area contributed by atoms with E-state index in [1.165, 1.54) is 0 Å². The fraction of sp³-hybridized carbons (Fsp3) is 0.419. The molecule has 1 aliphatic heterocycles. The van der Waals surface area contributed by atoms with Gasteiger partial charge in [0.05, 0.1) is 12.3 Å². The number of nitrogens with zero attached hydrogens (tertiary/aromatic N) is 3. The smallest absolute Gasteiger partial charge is 0.298 e. The van der Waals surface area contributed by atoms with E-state index in [1.807, 2.05) is 56.3 Å². The van der Waals surface area contributed by atoms with E-state index >= 15 is 0 Å². The van der Waals surface area contributed by atoms with E-state index in [-0.39, 0.29) is 23.6 Å². The molecule has 2 atom stereocenters. The van der Waals surface area contributed by atoms with E-state index in [1.54, 1.807) is 36.2 Å². The summed E-state index contributed by atoms with van der Waals surface area (Å²) < 4.78 is 5.86. The van der Waals surface area contributed by atoms with E-state index in [0.29, 0.717) is 43.3 Å². The molecule has 0 saturated carbocycles. The maximum Gasteiger partial charge on any atom is 0.298 e. The van der Waals surface area contributed by atoms with E-state index in [4.69, 9.17) is 10.1 Å². The van der Waals surface area contributed by atoms with Gasteiger partial charge in [-0.3, -0.25) is 19.5 Å². The van der Waals surface area contributed by atoms with Crippen LogP contribution in [0.5, 0.6) is 11.5 Å². The summed E-state index contributed by atoms with van der Waals surface area (Å²) in [6.45, 7) is 4.29. The fourth-order valence-corrected chi connectivity index (χ4v) is 4.37. The minimum Gasteiger partial charge on any atom is -0.457 e. The predicted octanol–water partition coefficient (Wildman–Crippen LogP) is 3.16. The van der Waals surface area contributed by atoms with Gasteiger partial charge in [-0.05, 0) is 88.2 Å². The lowest BCUT2D eigenvalue weighted by molar-refractivity contribution is -0.125. The van der Waals surface area contributed by atoms with Gasteiger partial charge < -0.3 is 25.7 Å². The molecule has 3 N–H and O–H groups in total. The average molecular weight is 545 g/mol. The lowest BCUT2D eigenvalue weighted by Gasteiger charge is -2.29. The second kappa shape index (κ2) is 15.4. The van der Waals surface area contributed by atoms with E-state index in [0.717, 1.165) is 25.0 Å². The molecule has 9 heteroatoms. The van der Waals surface area contributed by atoms with Crippen LogP contribution in [0, 0.1) is 23.2 Å². The Morgan fingerprint density at radius 2 is 1.85 bits per heavy atom. The predicted molar refractivity (Wildman–Crippen MR) is 159 cm³/mol. The van der Waals surface area contributed by atoms with E-state index in [9.17, 15) is 9.59 Å². The van der Waals surface area contributed by atoms with Crippen molar-refractivity contribution in [3.05, 3.63) is 60.2 Å². The summed E-state index contributed by atoms with van der Waals surface area (Å²) in [6, 6.07) is 16.7. The van der Waals surface area contributed by atoms with Crippen molar-refractivity contribution in [2.24, 2.45) is 10.9 Å². The first-order valence-corrected chi connectivity index (χ1v) is 13.7. The van der Waals surface area contributed by atoms with Gasteiger partial charge in [-0.15, -0.1) is 0 Å². The van der Waals surface area contributed by atoms with Gasteiger partial charge in [0.25, 0.3) is 5.91 Å². The second-order valence-corrected chi connectivity index (χ2v) is 9.86. The number of amidine groups is 1. The minimum atomic E-state index is -0.852. The third-order valence-corrected chi connectivity index (χ3v) is 6.57. The highest BCUT2D eigenvalue weighted by atomic mass is 16.5. The molecule has 0 bridgehead atoms. The van der Waals surface area contributed by atoms with Gasteiger partial charge >= 0.3 is 0 Å². The fourth-order valence-electron chi connectivity index (χ4n) is 4.37. The van der Waals surface area contributed by atoms with Crippen molar-refractivity contribution >= 4 is 23.4 Å². The summed E-state index contributed by atoms with van der Waals surface area (Å²) in [5, 5.41) is 15.0. The van der Waals surface area contributed by atoms with Crippen LogP contribution >= 0.6 is 0 Å². The molecule has 9 nitrogen and oxygen atoms in total. The Bertz CT molecular complexity index is 1230. The van der Waals surface area contributed by atoms with Crippen molar-refractivity contribution in [2.75, 3.05) is 47.3 Å². The average Bonchev–Trinajstić information content (AvgIpc) is 2.96. The van der Waals surface area contributed by atoms with Crippen LogP contribution in [0.25, 0.3) is 0 Å². The molecule has 0 saturated heterocycles. The SMILES string of the molecule is CCN(CCCC1CCN=C(C(C(=N)c2ccc(Oc3ccccc3)cc2)C(=O)NC)N1)C(=O)C#CCN(C)C. The van der Waals surface area contributed by atoms with Crippen molar-refractivity contribution < 1.29 is 14.3 Å². The van der Waals surface area contributed by atoms with Gasteiger partial charge in [-0.1, -0.05) is 24.1 Å². The standard InChI is InChI=1S/C31H40N6O3/c1-5-37(27(38)14-10-21-36(3)4)22-9-11-24-19-20-34-30(35-24)28(31(39)33-2)29(32)23-15-17-26(18-16-23)40-25-12-7-6-8-13-25/h6-8,12-13,15-18,24,28,32H,5,9,11,19-22H2,1-4H3,(H,33,39)(H,34,35). The molecule has 3 rings (SSSR count). The molecule has 0 radical (unpaired) electrons. The second-order valence-electron chi connectivity index (χ2n) is 9.86. The molecule has 40 heavy (non-hydrogen) atoms. The third-order valence-electron chi connectivity index (χ3n) is 6.57. The molecule has 2 amide bonds. The molecular formula is C31H40N6O3. The van der Waals surface area contributed by atoms with E-state index in [2.05, 4.69) is 27.5 Å². The van der Waals surface area contributed by atoms with Crippen LogP contribution in [0.2, 0.25) is 0 Å². The van der Waals surface area contributed by atoms with Crippen molar-refractivity contribution in [1.82, 2.24) is 20.4 Å². The molecule has 0 spiro atoms. The highest BCUT2D eigenvalue weighted by Gasteiger charge is 2.32. The topological polar surface area (TPSA) is 110 Å². The molecule has 212 valence electrons. The number of amides is 2. The Morgan fingerprint density at radius 3 is 2.50 bits per heavy atom. The zero-order valence-corrected chi connectivity index (χ0v) is 23.9. The van der Waals surface area contributed by atoms with Gasteiger partial charge in [-0.25, -0.2) is 0 Å². The number of carbonyl (C=O) groups is 2. The van der Waals surface area contributed by atoms with Crippen LogP contribution in [0.3, 0.4) is 0 Å². The monoisotopic (exact) mass is 544 g/mol. The van der Waals surface area contributed by atoms with E-state index < -0.39 is 5.92 Å².